The first kappa shape index (κ1) is 28.1. The van der Waals surface area contributed by atoms with E-state index in [0.717, 1.165) is 75.1 Å². The van der Waals surface area contributed by atoms with Crippen molar-refractivity contribution in [1.29, 1.82) is 0 Å². The van der Waals surface area contributed by atoms with Crippen molar-refractivity contribution in [3.8, 4) is 0 Å². The molecule has 178 valence electrons. The topological polar surface area (TPSA) is 81.7 Å². The molecule has 2 heterocycles. The smallest absolute Gasteiger partial charge is 0.234 e. The van der Waals surface area contributed by atoms with Crippen molar-refractivity contribution in [2.75, 3.05) is 39.3 Å². The molecule has 0 atom stereocenters. The van der Waals surface area contributed by atoms with Gasteiger partial charge in [0.1, 0.15) is 0 Å². The molecule has 1 amide bonds. The van der Waals surface area contributed by atoms with E-state index in [9.17, 15) is 4.79 Å². The normalized spacial score (nSPS) is 16.0. The molecule has 31 heavy (non-hydrogen) atoms. The molecule has 1 aliphatic heterocycles. The fourth-order valence-corrected chi connectivity index (χ4v) is 4.32. The average molecular weight is 565 g/mol. The molecule has 0 aromatic carbocycles. The van der Waals surface area contributed by atoms with Gasteiger partial charge in [-0.2, -0.15) is 0 Å². The number of aromatic nitrogens is 1. The Balaban J connectivity index is 0.00000480. The Morgan fingerprint density at radius 2 is 1.97 bits per heavy atom. The van der Waals surface area contributed by atoms with E-state index in [4.69, 9.17) is 9.98 Å². The first-order valence-electron chi connectivity index (χ1n) is 11.3. The molecule has 3 N–H and O–H groups in total. The van der Waals surface area contributed by atoms with Crippen LogP contribution in [0.2, 0.25) is 0 Å². The van der Waals surface area contributed by atoms with Crippen molar-refractivity contribution in [2.24, 2.45) is 4.99 Å². The summed E-state index contributed by atoms with van der Waals surface area (Å²) in [5.74, 6) is 1.01. The lowest BCUT2D eigenvalue weighted by molar-refractivity contribution is -0.122. The summed E-state index contributed by atoms with van der Waals surface area (Å²) in [4.78, 5) is 23.7. The van der Waals surface area contributed by atoms with Gasteiger partial charge in [0.25, 0.3) is 0 Å². The Hall–Kier alpha value is -0.940. The summed E-state index contributed by atoms with van der Waals surface area (Å²) in [6, 6.07) is 0.394. The molecule has 0 unspecified atom stereocenters. The predicted molar refractivity (Wildman–Crippen MR) is 142 cm³/mol. The van der Waals surface area contributed by atoms with Crippen LogP contribution in [0.1, 0.15) is 64.6 Å². The fraction of sp³-hybridized carbons (Fsp3) is 0.773. The number of hydrogen-bond acceptors (Lipinski definition) is 5. The van der Waals surface area contributed by atoms with E-state index < -0.39 is 0 Å². The van der Waals surface area contributed by atoms with Gasteiger partial charge >= 0.3 is 0 Å². The fourth-order valence-electron chi connectivity index (χ4n) is 3.31. The van der Waals surface area contributed by atoms with Gasteiger partial charge in [0.2, 0.25) is 5.91 Å². The number of piperidine rings is 1. The van der Waals surface area contributed by atoms with E-state index in [1.165, 1.54) is 0 Å². The van der Waals surface area contributed by atoms with Crippen molar-refractivity contribution in [2.45, 2.75) is 71.8 Å². The minimum Gasteiger partial charge on any atom is -0.357 e. The number of likely N-dealkylation sites (tertiary alicyclic amines) is 1. The number of guanidine groups is 1. The quantitative estimate of drug-likeness (QED) is 0.244. The van der Waals surface area contributed by atoms with Gasteiger partial charge in [-0.25, -0.2) is 4.98 Å². The maximum Gasteiger partial charge on any atom is 0.234 e. The Bertz CT molecular complexity index is 680. The van der Waals surface area contributed by atoms with Gasteiger partial charge in [-0.15, -0.1) is 35.3 Å². The van der Waals surface area contributed by atoms with Crippen molar-refractivity contribution < 1.29 is 4.79 Å². The summed E-state index contributed by atoms with van der Waals surface area (Å²) in [5, 5.41) is 13.2. The summed E-state index contributed by atoms with van der Waals surface area (Å²) < 4.78 is 0. The van der Waals surface area contributed by atoms with E-state index in [1.807, 2.05) is 0 Å². The number of thiazole rings is 1. The van der Waals surface area contributed by atoms with Crippen LogP contribution in [0.3, 0.4) is 0 Å². The highest BCUT2D eigenvalue weighted by Crippen LogP contribution is 2.24. The van der Waals surface area contributed by atoms with E-state index in [2.05, 4.69) is 60.8 Å². The van der Waals surface area contributed by atoms with Crippen LogP contribution in [0, 0.1) is 0 Å². The molecule has 0 aliphatic carbocycles. The first-order chi connectivity index (χ1) is 14.3. The van der Waals surface area contributed by atoms with Crippen molar-refractivity contribution in [1.82, 2.24) is 25.8 Å². The van der Waals surface area contributed by atoms with Crippen LogP contribution in [0.5, 0.6) is 0 Å². The van der Waals surface area contributed by atoms with Crippen molar-refractivity contribution in [3.05, 3.63) is 16.1 Å². The number of aliphatic imine (C=N–C) groups is 1. The second kappa shape index (κ2) is 14.3. The Morgan fingerprint density at radius 1 is 1.26 bits per heavy atom. The predicted octanol–water partition coefficient (Wildman–Crippen LogP) is 3.15. The lowest BCUT2D eigenvalue weighted by Gasteiger charge is -2.32. The lowest BCUT2D eigenvalue weighted by atomic mass is 9.93. The van der Waals surface area contributed by atoms with E-state index in [-0.39, 0.29) is 35.3 Å². The van der Waals surface area contributed by atoms with E-state index in [0.29, 0.717) is 12.6 Å². The van der Waals surface area contributed by atoms with Gasteiger partial charge in [0, 0.05) is 56.0 Å². The summed E-state index contributed by atoms with van der Waals surface area (Å²) >= 11 is 1.73. The Morgan fingerprint density at radius 3 is 2.55 bits per heavy atom. The minimum atomic E-state index is 0. The van der Waals surface area contributed by atoms with Crippen molar-refractivity contribution in [3.63, 3.8) is 0 Å². The second-order valence-corrected chi connectivity index (χ2v) is 9.87. The highest BCUT2D eigenvalue weighted by molar-refractivity contribution is 14.0. The zero-order valence-electron chi connectivity index (χ0n) is 19.8. The van der Waals surface area contributed by atoms with Crippen LogP contribution in [-0.4, -0.2) is 67.1 Å². The third-order valence-electron chi connectivity index (χ3n) is 5.13. The average Bonchev–Trinajstić information content (AvgIpc) is 3.17. The SMILES string of the molecule is CCCNC(=O)CN1CCC(NC(=NCCc2nc(C(C)(C)C)cs2)NCC)CC1.I. The highest BCUT2D eigenvalue weighted by atomic mass is 127. The van der Waals surface area contributed by atoms with Crippen LogP contribution in [-0.2, 0) is 16.6 Å². The molecule has 2 rings (SSSR count). The molecule has 1 fully saturated rings. The highest BCUT2D eigenvalue weighted by Gasteiger charge is 2.21. The molecule has 1 aromatic heterocycles. The zero-order chi connectivity index (χ0) is 22.0. The molecule has 1 aliphatic rings. The minimum absolute atomic E-state index is 0. The number of carbonyl (C=O) groups is 1. The summed E-state index contributed by atoms with van der Waals surface area (Å²) in [5.41, 5.74) is 1.26. The van der Waals surface area contributed by atoms with E-state index in [1.54, 1.807) is 11.3 Å². The van der Waals surface area contributed by atoms with Gasteiger partial charge in [-0.05, 0) is 26.2 Å². The molecule has 0 bridgehead atoms. The van der Waals surface area contributed by atoms with Crippen LogP contribution < -0.4 is 16.0 Å². The van der Waals surface area contributed by atoms with Gasteiger partial charge in [0.05, 0.1) is 17.2 Å². The Labute approximate surface area is 209 Å². The molecule has 0 spiro atoms. The maximum atomic E-state index is 11.9. The number of nitrogens with zero attached hydrogens (tertiary/aromatic N) is 3. The Kier molecular flexibility index (Phi) is 12.9. The standard InChI is InChI=1S/C22H40N6OS.HI/c1-6-11-24-19(29)15-28-13-9-17(10-14-28)26-21(23-7-2)25-12-8-20-27-18(16-30-20)22(3,4)5;/h16-17H,6-15H2,1-5H3,(H,24,29)(H2,23,25,26);1H. The number of rotatable bonds is 9. The lowest BCUT2D eigenvalue weighted by Crippen LogP contribution is -2.50. The van der Waals surface area contributed by atoms with Gasteiger partial charge in [-0.3, -0.25) is 14.7 Å². The molecule has 9 heteroatoms. The van der Waals surface area contributed by atoms with E-state index >= 15 is 0 Å². The number of nitrogens with one attached hydrogen (secondary N) is 3. The molecule has 0 saturated carbocycles. The molecule has 0 radical (unpaired) electrons. The summed E-state index contributed by atoms with van der Waals surface area (Å²) in [6.45, 7) is 15.4. The second-order valence-electron chi connectivity index (χ2n) is 8.93. The zero-order valence-corrected chi connectivity index (χ0v) is 22.9. The largest absolute Gasteiger partial charge is 0.357 e. The molecule has 1 saturated heterocycles. The van der Waals surface area contributed by atoms with Crippen LogP contribution >= 0.6 is 35.3 Å². The molecular weight excluding hydrogens is 523 g/mol. The third kappa shape index (κ3) is 10.5. The van der Waals surface area contributed by atoms with Gasteiger partial charge in [0.15, 0.2) is 5.96 Å². The van der Waals surface area contributed by atoms with Crippen LogP contribution in [0.25, 0.3) is 0 Å². The van der Waals surface area contributed by atoms with Crippen molar-refractivity contribution >= 4 is 47.2 Å². The van der Waals surface area contributed by atoms with Crippen LogP contribution in [0.15, 0.2) is 10.4 Å². The number of halogens is 1. The van der Waals surface area contributed by atoms with Gasteiger partial charge in [-0.1, -0.05) is 27.7 Å². The van der Waals surface area contributed by atoms with Gasteiger partial charge < -0.3 is 16.0 Å². The molecular formula is C22H41IN6OS. The third-order valence-corrected chi connectivity index (χ3v) is 6.04. The monoisotopic (exact) mass is 564 g/mol. The molecule has 1 aromatic rings. The number of carbonyl (C=O) groups excluding carboxylic acids is 1. The summed E-state index contributed by atoms with van der Waals surface area (Å²) in [6.07, 6.45) is 3.88. The number of amides is 1. The first-order valence-corrected chi connectivity index (χ1v) is 12.2. The molecule has 7 nitrogen and oxygen atoms in total. The maximum absolute atomic E-state index is 11.9. The van der Waals surface area contributed by atoms with Crippen LogP contribution in [0.4, 0.5) is 0 Å². The summed E-state index contributed by atoms with van der Waals surface area (Å²) in [7, 11) is 0. The number of hydrogen-bond donors (Lipinski definition) is 3.